The van der Waals surface area contributed by atoms with Crippen LogP contribution in [0.3, 0.4) is 0 Å². The van der Waals surface area contributed by atoms with Crippen molar-refractivity contribution in [2.45, 2.75) is 0 Å². The second kappa shape index (κ2) is 10.2. The standard InChI is InChI=1S/C46H28O/c1-2-13-33-28-43-41(27-32(33)12-1)46-35(20-10-22-42(46)47-43)30-23-25-31(26-24-30)44-37-16-5-7-18-39(37)45(40-19-8-6-17-38(40)44)36-21-9-14-29-11-3-4-15-34(29)36/h1-28H/i3D,4D,5D,6D,7D,8D,9D,11D,14D,15D,16D,17D,18D,19D,21D. The zero-order chi connectivity index (χ0) is 44.0. The monoisotopic (exact) mass is 611 g/mol. The lowest BCUT2D eigenvalue weighted by Gasteiger charge is -2.19. The molecule has 1 aromatic heterocycles. The maximum Gasteiger partial charge on any atom is 0.136 e. The van der Waals surface area contributed by atoms with Crippen molar-refractivity contribution in [3.8, 4) is 33.4 Å². The first-order chi connectivity index (χ1) is 29.5. The van der Waals surface area contributed by atoms with Gasteiger partial charge in [0.05, 0.1) is 20.6 Å². The molecular weight excluding hydrogens is 569 g/mol. The third-order valence-corrected chi connectivity index (χ3v) is 8.79. The van der Waals surface area contributed by atoms with E-state index < -0.39 is 107 Å². The molecule has 0 aliphatic rings. The van der Waals surface area contributed by atoms with E-state index in [1.54, 1.807) is 24.3 Å². The van der Waals surface area contributed by atoms with Crippen molar-refractivity contribution < 1.29 is 25.0 Å². The summed E-state index contributed by atoms with van der Waals surface area (Å²) in [5, 5.41) is 2.04. The minimum atomic E-state index is -0.756. The number of fused-ring (bicyclic) bond motifs is 7. The van der Waals surface area contributed by atoms with Crippen molar-refractivity contribution in [2.75, 3.05) is 0 Å². The summed E-state index contributed by atoms with van der Waals surface area (Å²) in [5.41, 5.74) is 2.52. The Morgan fingerprint density at radius 2 is 0.979 bits per heavy atom. The lowest BCUT2D eigenvalue weighted by Crippen LogP contribution is -1.91. The van der Waals surface area contributed by atoms with Crippen molar-refractivity contribution in [1.82, 2.24) is 0 Å². The number of rotatable bonds is 3. The fraction of sp³-hybridized carbons (Fsp3) is 0. The van der Waals surface area contributed by atoms with Crippen LogP contribution in [-0.4, -0.2) is 0 Å². The van der Waals surface area contributed by atoms with Crippen LogP contribution in [0.1, 0.15) is 20.6 Å². The molecule has 0 aliphatic carbocycles. The predicted molar refractivity (Wildman–Crippen MR) is 200 cm³/mol. The average molecular weight is 612 g/mol. The van der Waals surface area contributed by atoms with Gasteiger partial charge in [0.2, 0.25) is 0 Å². The van der Waals surface area contributed by atoms with E-state index in [9.17, 15) is 6.85 Å². The van der Waals surface area contributed by atoms with Gasteiger partial charge >= 0.3 is 0 Å². The Kier molecular flexibility index (Phi) is 3.33. The van der Waals surface area contributed by atoms with Crippen molar-refractivity contribution in [1.29, 1.82) is 0 Å². The molecular formula is C46H28O. The van der Waals surface area contributed by atoms with Crippen molar-refractivity contribution in [3.63, 3.8) is 0 Å². The van der Waals surface area contributed by atoms with Gasteiger partial charge in [-0.15, -0.1) is 0 Å². The van der Waals surface area contributed by atoms with Gasteiger partial charge in [-0.2, -0.15) is 0 Å². The van der Waals surface area contributed by atoms with E-state index in [-0.39, 0.29) is 32.7 Å². The highest BCUT2D eigenvalue weighted by molar-refractivity contribution is 6.23. The highest BCUT2D eigenvalue weighted by Crippen LogP contribution is 2.46. The molecule has 0 saturated heterocycles. The normalized spacial score (nSPS) is 16.3. The molecule has 0 aliphatic heterocycles. The SMILES string of the molecule is [2H]c1c([2H])c([2H])c2c(-c3c4c([2H])c([2H])c([2H])c([2H])c4c(-c4ccc(-c5cccc6oc7cc8ccccc8cc7c56)cc4)c4c([2H])c([2H])c([2H])c([2H])c34)c([2H])c([2H])c([2H])c2c1[2H]. The van der Waals surface area contributed by atoms with Crippen molar-refractivity contribution in [3.05, 3.63) is 169 Å². The zero-order valence-electron chi connectivity index (χ0n) is 39.4. The van der Waals surface area contributed by atoms with Crippen LogP contribution < -0.4 is 0 Å². The fourth-order valence-electron chi connectivity index (χ4n) is 6.73. The molecule has 0 radical (unpaired) electrons. The summed E-state index contributed by atoms with van der Waals surface area (Å²) in [6.07, 6.45) is 0. The van der Waals surface area contributed by atoms with E-state index in [0.29, 0.717) is 16.7 Å². The summed E-state index contributed by atoms with van der Waals surface area (Å²) < 4.78 is 140. The molecule has 1 heterocycles. The lowest BCUT2D eigenvalue weighted by atomic mass is 9.84. The Labute approximate surface area is 293 Å². The summed E-state index contributed by atoms with van der Waals surface area (Å²) in [5.74, 6) is 0. The third-order valence-electron chi connectivity index (χ3n) is 8.79. The van der Waals surface area contributed by atoms with Crippen LogP contribution in [-0.2, 0) is 0 Å². The van der Waals surface area contributed by atoms with Gasteiger partial charge in [0.15, 0.2) is 0 Å². The molecule has 0 fully saturated rings. The molecule has 0 atom stereocenters. The van der Waals surface area contributed by atoms with Gasteiger partial charge in [-0.3, -0.25) is 0 Å². The molecule has 218 valence electrons. The molecule has 0 spiro atoms. The second-order valence-electron chi connectivity index (χ2n) is 11.3. The smallest absolute Gasteiger partial charge is 0.136 e. The van der Waals surface area contributed by atoms with Crippen molar-refractivity contribution in [2.24, 2.45) is 0 Å². The van der Waals surface area contributed by atoms with Gasteiger partial charge in [0.25, 0.3) is 0 Å². The van der Waals surface area contributed by atoms with E-state index >= 15 is 0 Å². The summed E-state index contributed by atoms with van der Waals surface area (Å²) in [4.78, 5) is 0. The number of hydrogen-bond acceptors (Lipinski definition) is 1. The molecule has 0 saturated carbocycles. The maximum absolute atomic E-state index is 9.36. The first kappa shape index (κ1) is 15.4. The number of furan rings is 1. The molecule has 0 amide bonds. The topological polar surface area (TPSA) is 13.1 Å². The Hall–Kier alpha value is -6.18. The van der Waals surface area contributed by atoms with Crippen LogP contribution in [0.5, 0.6) is 0 Å². The highest BCUT2D eigenvalue weighted by atomic mass is 16.3. The Bertz CT molecular complexity index is 3600. The van der Waals surface area contributed by atoms with Crippen LogP contribution in [0.4, 0.5) is 0 Å². The molecule has 0 unspecified atom stereocenters. The zero-order valence-corrected chi connectivity index (χ0v) is 24.4. The minimum absolute atomic E-state index is 0.0312. The minimum Gasteiger partial charge on any atom is -0.456 e. The van der Waals surface area contributed by atoms with E-state index in [1.807, 2.05) is 48.5 Å². The van der Waals surface area contributed by atoms with E-state index in [4.69, 9.17) is 18.1 Å². The van der Waals surface area contributed by atoms with Gasteiger partial charge in [0, 0.05) is 10.8 Å². The van der Waals surface area contributed by atoms with E-state index in [0.717, 1.165) is 32.7 Å². The van der Waals surface area contributed by atoms with Crippen LogP contribution >= 0.6 is 0 Å². The molecule has 10 aromatic rings. The molecule has 1 heteroatoms. The second-order valence-corrected chi connectivity index (χ2v) is 11.3. The molecule has 1 nitrogen and oxygen atoms in total. The number of hydrogen-bond donors (Lipinski definition) is 0. The van der Waals surface area contributed by atoms with Crippen LogP contribution in [0.2, 0.25) is 0 Å². The van der Waals surface area contributed by atoms with Gasteiger partial charge in [-0.25, -0.2) is 0 Å². The van der Waals surface area contributed by atoms with Gasteiger partial charge in [-0.1, -0.05) is 151 Å². The third kappa shape index (κ3) is 3.97. The Morgan fingerprint density at radius 1 is 0.383 bits per heavy atom. The fourth-order valence-corrected chi connectivity index (χ4v) is 6.73. The molecule has 0 N–H and O–H groups in total. The first-order valence-corrected chi connectivity index (χ1v) is 15.0. The molecule has 0 bridgehead atoms. The van der Waals surface area contributed by atoms with Gasteiger partial charge < -0.3 is 4.42 Å². The van der Waals surface area contributed by atoms with Gasteiger partial charge in [-0.05, 0) is 94.7 Å². The highest BCUT2D eigenvalue weighted by Gasteiger charge is 2.18. The molecule has 10 rings (SSSR count). The van der Waals surface area contributed by atoms with Crippen molar-refractivity contribution >= 4 is 65.0 Å². The van der Waals surface area contributed by atoms with Crippen LogP contribution in [0, 0.1) is 0 Å². The van der Waals surface area contributed by atoms with E-state index in [1.165, 1.54) is 0 Å². The lowest BCUT2D eigenvalue weighted by molar-refractivity contribution is 0.669. The predicted octanol–water partition coefficient (Wildman–Crippen LogP) is 13.2. The summed E-state index contributed by atoms with van der Waals surface area (Å²) >= 11 is 0. The summed E-state index contributed by atoms with van der Waals surface area (Å²) in [6, 6.07) is 14.6. The van der Waals surface area contributed by atoms with Gasteiger partial charge in [0.1, 0.15) is 11.2 Å². The quantitative estimate of drug-likeness (QED) is 0.181. The average Bonchev–Trinajstić information content (AvgIpc) is 3.65. The summed E-state index contributed by atoms with van der Waals surface area (Å²) in [7, 11) is 0. The Morgan fingerprint density at radius 3 is 1.70 bits per heavy atom. The first-order valence-electron chi connectivity index (χ1n) is 22.5. The van der Waals surface area contributed by atoms with E-state index in [2.05, 4.69) is 6.07 Å². The molecule has 9 aromatic carbocycles. The molecule has 47 heavy (non-hydrogen) atoms. The van der Waals surface area contributed by atoms with Crippen LogP contribution in [0.15, 0.2) is 174 Å². The maximum atomic E-state index is 9.36. The largest absolute Gasteiger partial charge is 0.456 e. The summed E-state index contributed by atoms with van der Waals surface area (Å²) in [6.45, 7) is 0. The Balaban J connectivity index is 1.36. The number of benzene rings is 9. The van der Waals surface area contributed by atoms with Crippen LogP contribution in [0.25, 0.3) is 98.4 Å².